The van der Waals surface area contributed by atoms with E-state index in [1.807, 2.05) is 12.1 Å². The summed E-state index contributed by atoms with van der Waals surface area (Å²) in [6.07, 6.45) is 0.868. The van der Waals surface area contributed by atoms with Gasteiger partial charge in [0.2, 0.25) is 5.75 Å². The van der Waals surface area contributed by atoms with Crippen LogP contribution < -0.4 is 34.3 Å². The fourth-order valence-corrected chi connectivity index (χ4v) is 3.94. The second-order valence-corrected chi connectivity index (χ2v) is 7.35. The van der Waals surface area contributed by atoms with E-state index in [2.05, 4.69) is 17.6 Å². The molecule has 2 atom stereocenters. The van der Waals surface area contributed by atoms with Crippen LogP contribution in [0.1, 0.15) is 34.5 Å². The molecule has 8 nitrogen and oxygen atoms in total. The molecule has 2 aromatic carbocycles. The molecule has 3 rings (SSSR count). The van der Waals surface area contributed by atoms with Crippen LogP contribution in [0.3, 0.4) is 0 Å². The molecule has 0 aliphatic carbocycles. The first kappa shape index (κ1) is 22.6. The van der Waals surface area contributed by atoms with E-state index in [9.17, 15) is 4.79 Å². The minimum absolute atomic E-state index is 0.0652. The number of fused-ring (bicyclic) bond motifs is 1. The highest BCUT2D eigenvalue weighted by Gasteiger charge is 2.27. The number of benzene rings is 2. The van der Waals surface area contributed by atoms with E-state index >= 15 is 0 Å². The summed E-state index contributed by atoms with van der Waals surface area (Å²) in [5, 5.41) is 6.56. The van der Waals surface area contributed by atoms with Crippen LogP contribution in [-0.2, 0) is 6.42 Å². The summed E-state index contributed by atoms with van der Waals surface area (Å²) >= 11 is 0. The minimum atomic E-state index is -0.235. The summed E-state index contributed by atoms with van der Waals surface area (Å²) < 4.78 is 26.9. The van der Waals surface area contributed by atoms with Gasteiger partial charge in [-0.15, -0.1) is 0 Å². The summed E-state index contributed by atoms with van der Waals surface area (Å²) in [7, 11) is 7.81. The van der Waals surface area contributed by atoms with Crippen LogP contribution in [-0.4, -0.2) is 54.0 Å². The zero-order valence-corrected chi connectivity index (χ0v) is 18.8. The second kappa shape index (κ2) is 9.78. The number of nitrogens with one attached hydrogen (secondary N) is 2. The first-order chi connectivity index (χ1) is 14.9. The standard InChI is InChI=1S/C23H30N2O6/c1-13-7-14-8-18(27-2)19(28-3)11-16(14)17(25-13)12-24-23(26)15-9-20(29-4)22(31-6)21(10-15)30-5/h8-11,13,17,25H,7,12H2,1-6H3,(H,24,26). The van der Waals surface area contributed by atoms with Crippen molar-refractivity contribution in [3.63, 3.8) is 0 Å². The molecule has 1 heterocycles. The van der Waals surface area contributed by atoms with E-state index in [1.165, 1.54) is 26.9 Å². The number of carbonyl (C=O) groups is 1. The monoisotopic (exact) mass is 430 g/mol. The van der Waals surface area contributed by atoms with Crippen LogP contribution in [0, 0.1) is 0 Å². The quantitative estimate of drug-likeness (QED) is 0.666. The third-order valence-electron chi connectivity index (χ3n) is 5.43. The molecule has 0 spiro atoms. The molecule has 0 fully saturated rings. The van der Waals surface area contributed by atoms with Crippen LogP contribution in [0.15, 0.2) is 24.3 Å². The Morgan fingerprint density at radius 3 is 2.03 bits per heavy atom. The van der Waals surface area contributed by atoms with Gasteiger partial charge < -0.3 is 34.3 Å². The molecule has 1 amide bonds. The van der Waals surface area contributed by atoms with Gasteiger partial charge in [-0.1, -0.05) is 0 Å². The van der Waals surface area contributed by atoms with Gasteiger partial charge in [0, 0.05) is 18.2 Å². The van der Waals surface area contributed by atoms with Crippen molar-refractivity contribution in [2.24, 2.45) is 0 Å². The lowest BCUT2D eigenvalue weighted by Gasteiger charge is -2.32. The number of amides is 1. The smallest absolute Gasteiger partial charge is 0.251 e. The molecule has 31 heavy (non-hydrogen) atoms. The van der Waals surface area contributed by atoms with Crippen LogP contribution in [0.2, 0.25) is 0 Å². The summed E-state index contributed by atoms with van der Waals surface area (Å²) in [5.74, 6) is 2.44. The highest BCUT2D eigenvalue weighted by atomic mass is 16.5. The molecule has 1 aliphatic heterocycles. The zero-order valence-electron chi connectivity index (χ0n) is 18.8. The van der Waals surface area contributed by atoms with Crippen molar-refractivity contribution in [1.82, 2.24) is 10.6 Å². The summed E-state index contributed by atoms with van der Waals surface area (Å²) in [5.41, 5.74) is 2.68. The van der Waals surface area contributed by atoms with Gasteiger partial charge in [0.15, 0.2) is 23.0 Å². The summed E-state index contributed by atoms with van der Waals surface area (Å²) in [6.45, 7) is 2.52. The first-order valence-corrected chi connectivity index (χ1v) is 10.0. The maximum Gasteiger partial charge on any atom is 0.251 e. The molecule has 2 N–H and O–H groups in total. The van der Waals surface area contributed by atoms with Crippen molar-refractivity contribution in [1.29, 1.82) is 0 Å². The Balaban J connectivity index is 1.83. The van der Waals surface area contributed by atoms with E-state index in [-0.39, 0.29) is 18.0 Å². The number of carbonyl (C=O) groups excluding carboxylic acids is 1. The maximum atomic E-state index is 12.9. The molecular weight excluding hydrogens is 400 g/mol. The van der Waals surface area contributed by atoms with Crippen LogP contribution in [0.25, 0.3) is 0 Å². The predicted octanol–water partition coefficient (Wildman–Crippen LogP) is 2.73. The highest BCUT2D eigenvalue weighted by Crippen LogP contribution is 2.38. The maximum absolute atomic E-state index is 12.9. The number of methoxy groups -OCH3 is 5. The van der Waals surface area contributed by atoms with Crippen molar-refractivity contribution in [3.05, 3.63) is 41.0 Å². The second-order valence-electron chi connectivity index (χ2n) is 7.35. The van der Waals surface area contributed by atoms with Crippen molar-refractivity contribution >= 4 is 5.91 Å². The van der Waals surface area contributed by atoms with Gasteiger partial charge in [0.1, 0.15) is 0 Å². The molecule has 0 bridgehead atoms. The highest BCUT2D eigenvalue weighted by molar-refractivity contribution is 5.95. The average Bonchev–Trinajstić information content (AvgIpc) is 2.79. The van der Waals surface area contributed by atoms with E-state index in [1.54, 1.807) is 26.4 Å². The minimum Gasteiger partial charge on any atom is -0.493 e. The largest absolute Gasteiger partial charge is 0.493 e. The van der Waals surface area contributed by atoms with Crippen LogP contribution in [0.4, 0.5) is 0 Å². The molecular formula is C23H30N2O6. The Morgan fingerprint density at radius 1 is 0.903 bits per heavy atom. The van der Waals surface area contributed by atoms with E-state index < -0.39 is 0 Å². The fraction of sp³-hybridized carbons (Fsp3) is 0.435. The third kappa shape index (κ3) is 4.64. The van der Waals surface area contributed by atoms with Crippen molar-refractivity contribution in [2.75, 3.05) is 42.1 Å². The normalized spacial score (nSPS) is 17.4. The summed E-state index contributed by atoms with van der Waals surface area (Å²) in [6, 6.07) is 7.45. The third-order valence-corrected chi connectivity index (χ3v) is 5.43. The topological polar surface area (TPSA) is 87.3 Å². The van der Waals surface area contributed by atoms with Crippen molar-refractivity contribution in [3.8, 4) is 28.7 Å². The Kier molecular flexibility index (Phi) is 7.12. The van der Waals surface area contributed by atoms with Gasteiger partial charge in [-0.3, -0.25) is 4.79 Å². The summed E-state index contributed by atoms with van der Waals surface area (Å²) in [4.78, 5) is 12.9. The molecule has 0 radical (unpaired) electrons. The molecule has 168 valence electrons. The Hall–Kier alpha value is -3.13. The van der Waals surface area contributed by atoms with Gasteiger partial charge in [0.05, 0.1) is 41.6 Å². The molecule has 0 aromatic heterocycles. The van der Waals surface area contributed by atoms with Crippen LogP contribution >= 0.6 is 0 Å². The van der Waals surface area contributed by atoms with Gasteiger partial charge in [-0.05, 0) is 48.7 Å². The lowest BCUT2D eigenvalue weighted by molar-refractivity contribution is 0.0947. The van der Waals surface area contributed by atoms with Gasteiger partial charge in [-0.25, -0.2) is 0 Å². The molecule has 0 saturated heterocycles. The van der Waals surface area contributed by atoms with Gasteiger partial charge >= 0.3 is 0 Å². The molecule has 8 heteroatoms. The van der Waals surface area contributed by atoms with Gasteiger partial charge in [-0.2, -0.15) is 0 Å². The zero-order chi connectivity index (χ0) is 22.5. The molecule has 2 aromatic rings. The Labute approximate surface area is 182 Å². The molecule has 2 unspecified atom stereocenters. The van der Waals surface area contributed by atoms with E-state index in [4.69, 9.17) is 23.7 Å². The Morgan fingerprint density at radius 2 is 1.48 bits per heavy atom. The average molecular weight is 431 g/mol. The SMILES string of the molecule is COc1cc2c(cc1OC)C(CNC(=O)c1cc(OC)c(OC)c(OC)c1)NC(C)C2. The lowest BCUT2D eigenvalue weighted by atomic mass is 9.90. The van der Waals surface area contributed by atoms with Crippen LogP contribution in [0.5, 0.6) is 28.7 Å². The first-order valence-electron chi connectivity index (χ1n) is 10.0. The number of hydrogen-bond donors (Lipinski definition) is 2. The number of ether oxygens (including phenoxy) is 5. The van der Waals surface area contributed by atoms with E-state index in [0.29, 0.717) is 40.9 Å². The van der Waals surface area contributed by atoms with Gasteiger partial charge in [0.25, 0.3) is 5.91 Å². The van der Waals surface area contributed by atoms with Crippen molar-refractivity contribution < 1.29 is 28.5 Å². The molecule has 1 aliphatic rings. The van der Waals surface area contributed by atoms with E-state index in [0.717, 1.165) is 12.0 Å². The molecule has 0 saturated carbocycles. The predicted molar refractivity (Wildman–Crippen MR) is 117 cm³/mol. The lowest BCUT2D eigenvalue weighted by Crippen LogP contribution is -2.43. The number of hydrogen-bond acceptors (Lipinski definition) is 7. The number of rotatable bonds is 8. The Bertz CT molecular complexity index is 921. The fourth-order valence-electron chi connectivity index (χ4n) is 3.94. The van der Waals surface area contributed by atoms with Crippen molar-refractivity contribution in [2.45, 2.75) is 25.4 Å².